The van der Waals surface area contributed by atoms with Crippen LogP contribution < -0.4 is 10.2 Å². The van der Waals surface area contributed by atoms with Crippen LogP contribution in [0.5, 0.6) is 0 Å². The molecule has 1 aliphatic carbocycles. The lowest BCUT2D eigenvalue weighted by molar-refractivity contribution is -0.107. The van der Waals surface area contributed by atoms with Crippen LogP contribution in [0.15, 0.2) is 30.6 Å². The van der Waals surface area contributed by atoms with Gasteiger partial charge in [-0.2, -0.15) is 5.10 Å². The highest BCUT2D eigenvalue weighted by molar-refractivity contribution is 5.90. The number of carbonyl (C=O) groups excluding carboxylic acids is 2. The molecule has 1 N–H and O–H groups in total. The zero-order valence-electron chi connectivity index (χ0n) is 19.0. The summed E-state index contributed by atoms with van der Waals surface area (Å²) in [6, 6.07) is 4.88. The maximum Gasteiger partial charge on any atom is 0.291 e. The van der Waals surface area contributed by atoms with Crippen molar-refractivity contribution in [3.63, 3.8) is 0 Å². The van der Waals surface area contributed by atoms with E-state index >= 15 is 0 Å². The van der Waals surface area contributed by atoms with Gasteiger partial charge in [-0.05, 0) is 19.4 Å². The molecule has 0 aliphatic heterocycles. The first-order valence-electron chi connectivity index (χ1n) is 10.9. The summed E-state index contributed by atoms with van der Waals surface area (Å²) in [5.41, 5.74) is 0.286. The standard InChI is InChI=1S/C22H23F4N7O2/c1-13(6-7-33-18(31(2)12-34)8-17(29-33)15-9-22(15,25)26)28-21(35)20-27-11-32(30-20)10-14-4-3-5-16(23)19(14)24/h3-5,8,11-13,15H,6-7,9-10H2,1-2H3,(H,28,35)/t13-,15+/m1/s1. The molecule has 186 valence electrons. The van der Waals surface area contributed by atoms with Crippen LogP contribution in [0.2, 0.25) is 0 Å². The number of halogens is 4. The molecule has 0 unspecified atom stereocenters. The monoisotopic (exact) mass is 493 g/mol. The van der Waals surface area contributed by atoms with E-state index in [0.717, 1.165) is 6.07 Å². The fourth-order valence-corrected chi connectivity index (χ4v) is 3.63. The lowest BCUT2D eigenvalue weighted by Crippen LogP contribution is -2.34. The number of hydrogen-bond acceptors (Lipinski definition) is 5. The van der Waals surface area contributed by atoms with E-state index in [1.165, 1.54) is 45.8 Å². The van der Waals surface area contributed by atoms with Gasteiger partial charge in [-0.25, -0.2) is 31.9 Å². The van der Waals surface area contributed by atoms with Crippen LogP contribution in [0.25, 0.3) is 0 Å². The number of anilines is 1. The highest BCUT2D eigenvalue weighted by atomic mass is 19.3. The van der Waals surface area contributed by atoms with E-state index in [0.29, 0.717) is 18.6 Å². The number of aromatic nitrogens is 5. The van der Waals surface area contributed by atoms with Crippen LogP contribution in [0, 0.1) is 11.6 Å². The summed E-state index contributed by atoms with van der Waals surface area (Å²) in [6.07, 6.45) is 1.91. The Hall–Kier alpha value is -3.77. The molecule has 1 aromatic carbocycles. The second-order valence-electron chi connectivity index (χ2n) is 8.53. The molecular weight excluding hydrogens is 470 g/mol. The van der Waals surface area contributed by atoms with Gasteiger partial charge in [0.05, 0.1) is 18.2 Å². The van der Waals surface area contributed by atoms with Crippen molar-refractivity contribution in [2.24, 2.45) is 0 Å². The molecule has 35 heavy (non-hydrogen) atoms. The second kappa shape index (κ2) is 9.47. The molecule has 1 aliphatic rings. The summed E-state index contributed by atoms with van der Waals surface area (Å²) in [5, 5.41) is 11.0. The molecule has 3 aromatic rings. The van der Waals surface area contributed by atoms with Crippen LogP contribution in [0.4, 0.5) is 23.4 Å². The first kappa shape index (κ1) is 24.4. The van der Waals surface area contributed by atoms with Crippen molar-refractivity contribution in [2.75, 3.05) is 11.9 Å². The highest BCUT2D eigenvalue weighted by Crippen LogP contribution is 2.55. The normalized spacial score (nSPS) is 17.1. The van der Waals surface area contributed by atoms with Gasteiger partial charge in [0.1, 0.15) is 12.1 Å². The van der Waals surface area contributed by atoms with Crippen molar-refractivity contribution in [3.8, 4) is 0 Å². The molecule has 0 saturated heterocycles. The van der Waals surface area contributed by atoms with Gasteiger partial charge in [0, 0.05) is 37.7 Å². The van der Waals surface area contributed by atoms with Crippen molar-refractivity contribution < 1.29 is 27.2 Å². The van der Waals surface area contributed by atoms with E-state index in [2.05, 4.69) is 20.5 Å². The molecule has 2 aromatic heterocycles. The number of aryl methyl sites for hydroxylation is 1. The third-order valence-electron chi connectivity index (χ3n) is 5.73. The highest BCUT2D eigenvalue weighted by Gasteiger charge is 2.59. The summed E-state index contributed by atoms with van der Waals surface area (Å²) in [7, 11) is 1.50. The van der Waals surface area contributed by atoms with Crippen molar-refractivity contribution in [1.29, 1.82) is 0 Å². The summed E-state index contributed by atoms with van der Waals surface area (Å²) >= 11 is 0. The number of carbonyl (C=O) groups is 2. The minimum Gasteiger partial charge on any atom is -0.347 e. The topological polar surface area (TPSA) is 97.9 Å². The van der Waals surface area contributed by atoms with Crippen molar-refractivity contribution in [3.05, 3.63) is 59.3 Å². The Balaban J connectivity index is 1.35. The van der Waals surface area contributed by atoms with Crippen LogP contribution >= 0.6 is 0 Å². The van der Waals surface area contributed by atoms with Gasteiger partial charge in [-0.1, -0.05) is 12.1 Å². The van der Waals surface area contributed by atoms with Gasteiger partial charge in [-0.3, -0.25) is 9.59 Å². The lowest BCUT2D eigenvalue weighted by Gasteiger charge is -2.16. The van der Waals surface area contributed by atoms with Gasteiger partial charge < -0.3 is 10.2 Å². The average molecular weight is 493 g/mol. The fourth-order valence-electron chi connectivity index (χ4n) is 3.63. The zero-order valence-corrected chi connectivity index (χ0v) is 19.0. The molecule has 0 radical (unpaired) electrons. The van der Waals surface area contributed by atoms with Crippen LogP contribution in [-0.2, 0) is 17.9 Å². The molecule has 0 bridgehead atoms. The molecule has 4 rings (SSSR count). The van der Waals surface area contributed by atoms with E-state index in [9.17, 15) is 27.2 Å². The fraction of sp³-hybridized carbons (Fsp3) is 0.409. The summed E-state index contributed by atoms with van der Waals surface area (Å²) in [5.74, 6) is -6.05. The van der Waals surface area contributed by atoms with E-state index in [1.807, 2.05) is 0 Å². The Bertz CT molecular complexity index is 1240. The summed E-state index contributed by atoms with van der Waals surface area (Å²) in [6.45, 7) is 1.89. The smallest absolute Gasteiger partial charge is 0.291 e. The molecule has 13 heteroatoms. The van der Waals surface area contributed by atoms with Crippen LogP contribution in [-0.4, -0.2) is 55.9 Å². The molecule has 1 saturated carbocycles. The lowest BCUT2D eigenvalue weighted by atomic mass is 10.2. The molecule has 2 atom stereocenters. The molecule has 0 spiro atoms. The number of benzene rings is 1. The quantitative estimate of drug-likeness (QED) is 0.346. The maximum absolute atomic E-state index is 13.9. The number of hydrogen-bond donors (Lipinski definition) is 1. The predicted molar refractivity (Wildman–Crippen MR) is 116 cm³/mol. The van der Waals surface area contributed by atoms with Gasteiger partial charge in [-0.15, -0.1) is 5.10 Å². The van der Waals surface area contributed by atoms with E-state index in [4.69, 9.17) is 0 Å². The Labute approximate surface area is 197 Å². The Kier molecular flexibility index (Phi) is 6.59. The van der Waals surface area contributed by atoms with Crippen molar-refractivity contribution >= 4 is 18.1 Å². The second-order valence-corrected chi connectivity index (χ2v) is 8.53. The minimum absolute atomic E-state index is 0.0638. The molecule has 9 nitrogen and oxygen atoms in total. The molecule has 2 heterocycles. The average Bonchev–Trinajstić information content (AvgIpc) is 3.16. The number of nitrogens with zero attached hydrogens (tertiary/aromatic N) is 6. The van der Waals surface area contributed by atoms with Gasteiger partial charge in [0.25, 0.3) is 11.8 Å². The first-order chi connectivity index (χ1) is 16.6. The molecular formula is C22H23F4N7O2. The van der Waals surface area contributed by atoms with Crippen LogP contribution in [0.3, 0.4) is 0 Å². The maximum atomic E-state index is 13.9. The number of amides is 2. The van der Waals surface area contributed by atoms with Gasteiger partial charge >= 0.3 is 0 Å². The molecule has 1 fully saturated rings. The Morgan fingerprint density at radius 3 is 2.77 bits per heavy atom. The SMILES string of the molecule is C[C@H](CCn1nc([C@@H]2CC2(F)F)cc1N(C)C=O)NC(=O)c1ncn(Cc2cccc(F)c2F)n1. The van der Waals surface area contributed by atoms with E-state index in [1.54, 1.807) is 6.92 Å². The Morgan fingerprint density at radius 2 is 2.09 bits per heavy atom. The van der Waals surface area contributed by atoms with Crippen LogP contribution in [0.1, 0.15) is 47.6 Å². The predicted octanol–water partition coefficient (Wildman–Crippen LogP) is 2.72. The minimum atomic E-state index is -2.78. The largest absolute Gasteiger partial charge is 0.347 e. The van der Waals surface area contributed by atoms with E-state index < -0.39 is 29.4 Å². The Morgan fingerprint density at radius 1 is 1.34 bits per heavy atom. The van der Waals surface area contributed by atoms with Crippen molar-refractivity contribution in [2.45, 2.75) is 50.7 Å². The summed E-state index contributed by atoms with van der Waals surface area (Å²) < 4.78 is 56.8. The number of nitrogens with one attached hydrogen (secondary N) is 1. The third-order valence-corrected chi connectivity index (χ3v) is 5.73. The first-order valence-corrected chi connectivity index (χ1v) is 10.9. The van der Waals surface area contributed by atoms with Crippen molar-refractivity contribution in [1.82, 2.24) is 29.9 Å². The van der Waals surface area contributed by atoms with Gasteiger partial charge in [0.15, 0.2) is 11.6 Å². The molecule has 2 amide bonds. The summed E-state index contributed by atoms with van der Waals surface area (Å²) in [4.78, 5) is 28.9. The van der Waals surface area contributed by atoms with Gasteiger partial charge in [0.2, 0.25) is 12.2 Å². The number of alkyl halides is 2. The van der Waals surface area contributed by atoms with E-state index in [-0.39, 0.29) is 42.6 Å². The number of rotatable bonds is 10. The zero-order chi connectivity index (χ0) is 25.3. The third kappa shape index (κ3) is 5.33.